The van der Waals surface area contributed by atoms with Crippen molar-refractivity contribution in [2.24, 2.45) is 0 Å². The van der Waals surface area contributed by atoms with Gasteiger partial charge in [0.05, 0.1) is 27.3 Å². The van der Waals surface area contributed by atoms with Crippen LogP contribution in [0.2, 0.25) is 10.0 Å². The molecule has 150 valence electrons. The fourth-order valence-electron chi connectivity index (χ4n) is 4.11. The largest absolute Gasteiger partial charge is 0.346 e. The van der Waals surface area contributed by atoms with Crippen LogP contribution in [0.3, 0.4) is 0 Å². The summed E-state index contributed by atoms with van der Waals surface area (Å²) >= 11 is 12.1. The van der Waals surface area contributed by atoms with E-state index in [0.717, 1.165) is 5.56 Å². The number of carbonyl (C=O) groups excluding carboxylic acids is 3. The highest BCUT2D eigenvalue weighted by atomic mass is 35.5. The predicted octanol–water partition coefficient (Wildman–Crippen LogP) is 3.78. The first-order valence-corrected chi connectivity index (χ1v) is 9.99. The summed E-state index contributed by atoms with van der Waals surface area (Å²) in [6.07, 6.45) is 0.406. The predicted molar refractivity (Wildman–Crippen MR) is 111 cm³/mol. The summed E-state index contributed by atoms with van der Waals surface area (Å²) in [5.74, 6) is -0.884. The zero-order chi connectivity index (χ0) is 20.9. The average molecular weight is 432 g/mol. The monoisotopic (exact) mass is 431 g/mol. The van der Waals surface area contributed by atoms with Crippen molar-refractivity contribution in [1.82, 2.24) is 10.2 Å². The van der Waals surface area contributed by atoms with Crippen molar-refractivity contribution in [2.75, 3.05) is 11.9 Å². The van der Waals surface area contributed by atoms with Crippen molar-refractivity contribution in [3.8, 4) is 0 Å². The lowest BCUT2D eigenvalue weighted by atomic mass is 9.95. The topological polar surface area (TPSA) is 69.7 Å². The molecule has 0 bridgehead atoms. The molecule has 0 aliphatic carbocycles. The Morgan fingerprint density at radius 2 is 1.86 bits per heavy atom. The summed E-state index contributed by atoms with van der Waals surface area (Å²) in [6, 6.07) is 11.6. The van der Waals surface area contributed by atoms with Gasteiger partial charge in [0.2, 0.25) is 11.6 Å². The highest BCUT2D eigenvalue weighted by Gasteiger charge is 2.59. The normalized spacial score (nSPS) is 21.7. The number of anilines is 1. The first-order chi connectivity index (χ1) is 13.8. The number of amides is 3. The van der Waals surface area contributed by atoms with Crippen LogP contribution in [0.5, 0.6) is 0 Å². The summed E-state index contributed by atoms with van der Waals surface area (Å²) < 4.78 is 0. The molecule has 2 heterocycles. The Bertz CT molecular complexity index is 1040. The molecular formula is C21H19Cl2N3O3. The molecule has 2 aromatic carbocycles. The number of hydrogen-bond donors (Lipinski definition) is 1. The molecule has 2 atom stereocenters. The van der Waals surface area contributed by atoms with E-state index in [2.05, 4.69) is 5.32 Å². The van der Waals surface area contributed by atoms with Gasteiger partial charge in [-0.05, 0) is 36.8 Å². The van der Waals surface area contributed by atoms with E-state index in [4.69, 9.17) is 23.2 Å². The summed E-state index contributed by atoms with van der Waals surface area (Å²) in [5.41, 5.74) is 0.249. The van der Waals surface area contributed by atoms with Crippen molar-refractivity contribution in [3.05, 3.63) is 63.6 Å². The molecule has 2 aromatic rings. The fraction of sp³-hybridized carbons (Fsp3) is 0.286. The van der Waals surface area contributed by atoms with Gasteiger partial charge in [0.25, 0.3) is 11.8 Å². The standard InChI is InChI=1S/C21H19Cl2N3O3/c1-12(13-7-8-15(22)16(23)11-13)24-20(29)21-10-9-18(27)26(21)17-6-4-3-5-14(17)19(28)25(21)2/h3-8,11-12H,9-10H2,1-2H3,(H,24,29)/t12-,21+/m1/s1. The van der Waals surface area contributed by atoms with E-state index in [-0.39, 0.29) is 24.7 Å². The van der Waals surface area contributed by atoms with Crippen molar-refractivity contribution >= 4 is 46.6 Å². The number of nitrogens with one attached hydrogen (secondary N) is 1. The van der Waals surface area contributed by atoms with Gasteiger partial charge >= 0.3 is 0 Å². The molecule has 0 radical (unpaired) electrons. The van der Waals surface area contributed by atoms with Gasteiger partial charge in [-0.3, -0.25) is 19.3 Å². The minimum atomic E-state index is -1.40. The average Bonchev–Trinajstić information content (AvgIpc) is 3.06. The Balaban J connectivity index is 1.72. The van der Waals surface area contributed by atoms with Gasteiger partial charge in [-0.25, -0.2) is 0 Å². The smallest absolute Gasteiger partial charge is 0.267 e. The third-order valence-electron chi connectivity index (χ3n) is 5.70. The van der Waals surface area contributed by atoms with Crippen LogP contribution < -0.4 is 10.2 Å². The lowest BCUT2D eigenvalue weighted by Gasteiger charge is -2.47. The number of likely N-dealkylation sites (N-methyl/N-ethyl adjacent to an activating group) is 1. The number of para-hydroxylation sites is 1. The second kappa shape index (κ2) is 7.04. The maximum absolute atomic E-state index is 13.5. The van der Waals surface area contributed by atoms with Crippen molar-refractivity contribution < 1.29 is 14.4 Å². The zero-order valence-corrected chi connectivity index (χ0v) is 17.4. The van der Waals surface area contributed by atoms with Gasteiger partial charge < -0.3 is 10.2 Å². The van der Waals surface area contributed by atoms with Crippen LogP contribution in [0.15, 0.2) is 42.5 Å². The molecule has 0 spiro atoms. The molecule has 0 unspecified atom stereocenters. The molecule has 2 aliphatic rings. The maximum Gasteiger partial charge on any atom is 0.267 e. The number of carbonyl (C=O) groups is 3. The molecule has 3 amide bonds. The first-order valence-electron chi connectivity index (χ1n) is 9.23. The fourth-order valence-corrected chi connectivity index (χ4v) is 4.41. The van der Waals surface area contributed by atoms with E-state index in [1.807, 2.05) is 6.92 Å². The zero-order valence-electron chi connectivity index (χ0n) is 15.9. The number of nitrogens with zero attached hydrogens (tertiary/aromatic N) is 2. The van der Waals surface area contributed by atoms with E-state index in [1.54, 1.807) is 49.5 Å². The molecule has 29 heavy (non-hydrogen) atoms. The Kier molecular flexibility index (Phi) is 4.79. The number of rotatable bonds is 3. The van der Waals surface area contributed by atoms with Crippen LogP contribution in [0.1, 0.15) is 41.7 Å². The SMILES string of the molecule is C[C@@H](NC(=O)[C@]12CCC(=O)N1c1ccccc1C(=O)N2C)c1ccc(Cl)c(Cl)c1. The van der Waals surface area contributed by atoms with E-state index < -0.39 is 17.6 Å². The summed E-state index contributed by atoms with van der Waals surface area (Å²) in [6.45, 7) is 1.81. The Hall–Kier alpha value is -2.57. The van der Waals surface area contributed by atoms with Gasteiger partial charge in [0.15, 0.2) is 0 Å². The van der Waals surface area contributed by atoms with E-state index >= 15 is 0 Å². The Morgan fingerprint density at radius 3 is 2.59 bits per heavy atom. The molecule has 2 aliphatic heterocycles. The molecular weight excluding hydrogens is 413 g/mol. The van der Waals surface area contributed by atoms with Gasteiger partial charge in [-0.1, -0.05) is 41.4 Å². The Morgan fingerprint density at radius 1 is 1.14 bits per heavy atom. The van der Waals surface area contributed by atoms with Crippen LogP contribution in [0.4, 0.5) is 5.69 Å². The minimum absolute atomic E-state index is 0.181. The molecule has 0 aromatic heterocycles. The molecule has 1 N–H and O–H groups in total. The molecule has 6 nitrogen and oxygen atoms in total. The lowest BCUT2D eigenvalue weighted by Crippen LogP contribution is -2.69. The van der Waals surface area contributed by atoms with Crippen LogP contribution in [-0.4, -0.2) is 35.3 Å². The molecule has 1 fully saturated rings. The second-order valence-electron chi connectivity index (χ2n) is 7.30. The Labute approximate surface area is 178 Å². The highest BCUT2D eigenvalue weighted by molar-refractivity contribution is 6.42. The van der Waals surface area contributed by atoms with Crippen molar-refractivity contribution in [1.29, 1.82) is 0 Å². The van der Waals surface area contributed by atoms with E-state index in [1.165, 1.54) is 9.80 Å². The lowest BCUT2D eigenvalue weighted by molar-refractivity contribution is -0.133. The number of halogens is 2. The third-order valence-corrected chi connectivity index (χ3v) is 6.44. The van der Waals surface area contributed by atoms with Gasteiger partial charge in [0.1, 0.15) is 0 Å². The second-order valence-corrected chi connectivity index (χ2v) is 8.11. The molecule has 8 heteroatoms. The summed E-state index contributed by atoms with van der Waals surface area (Å²) in [7, 11) is 1.56. The van der Waals surface area contributed by atoms with E-state index in [0.29, 0.717) is 21.3 Å². The van der Waals surface area contributed by atoms with Gasteiger partial charge in [-0.2, -0.15) is 0 Å². The minimum Gasteiger partial charge on any atom is -0.346 e. The van der Waals surface area contributed by atoms with Crippen LogP contribution >= 0.6 is 23.2 Å². The van der Waals surface area contributed by atoms with Crippen LogP contribution in [0.25, 0.3) is 0 Å². The van der Waals surface area contributed by atoms with Crippen LogP contribution in [0, 0.1) is 0 Å². The van der Waals surface area contributed by atoms with Gasteiger partial charge in [-0.15, -0.1) is 0 Å². The number of hydrogen-bond acceptors (Lipinski definition) is 3. The summed E-state index contributed by atoms with van der Waals surface area (Å²) in [5, 5.41) is 3.76. The quantitative estimate of drug-likeness (QED) is 0.803. The number of benzene rings is 2. The first kappa shape index (κ1) is 19.7. The third kappa shape index (κ3) is 2.90. The maximum atomic E-state index is 13.5. The number of fused-ring (bicyclic) bond motifs is 3. The van der Waals surface area contributed by atoms with Crippen molar-refractivity contribution in [2.45, 2.75) is 31.5 Å². The molecule has 4 rings (SSSR count). The highest BCUT2D eigenvalue weighted by Crippen LogP contribution is 2.44. The van der Waals surface area contributed by atoms with Crippen LogP contribution in [-0.2, 0) is 9.59 Å². The van der Waals surface area contributed by atoms with Gasteiger partial charge in [0, 0.05) is 19.9 Å². The van der Waals surface area contributed by atoms with Crippen molar-refractivity contribution in [3.63, 3.8) is 0 Å². The van der Waals surface area contributed by atoms with E-state index in [9.17, 15) is 14.4 Å². The summed E-state index contributed by atoms with van der Waals surface area (Å²) in [4.78, 5) is 42.1. The molecule has 1 saturated heterocycles. The molecule has 0 saturated carbocycles.